The van der Waals surface area contributed by atoms with E-state index in [1.807, 2.05) is 6.92 Å². The van der Waals surface area contributed by atoms with Crippen molar-refractivity contribution in [3.63, 3.8) is 0 Å². The van der Waals surface area contributed by atoms with Gasteiger partial charge >= 0.3 is 6.18 Å². The fourth-order valence-electron chi connectivity index (χ4n) is 3.55. The number of aromatic nitrogens is 2. The monoisotopic (exact) mass is 438 g/mol. The maximum atomic E-state index is 13.7. The highest BCUT2D eigenvalue weighted by atomic mass is 19.4. The molecule has 0 saturated carbocycles. The maximum Gasteiger partial charge on any atom is 0.416 e. The van der Waals surface area contributed by atoms with Gasteiger partial charge in [-0.05, 0) is 48.6 Å². The van der Waals surface area contributed by atoms with Crippen LogP contribution >= 0.6 is 0 Å². The van der Waals surface area contributed by atoms with Crippen LogP contribution in [0.5, 0.6) is 5.75 Å². The largest absolute Gasteiger partial charge is 0.491 e. The third kappa shape index (κ3) is 5.48. The molecule has 0 amide bonds. The van der Waals surface area contributed by atoms with Crippen molar-refractivity contribution < 1.29 is 26.7 Å². The van der Waals surface area contributed by atoms with Crippen molar-refractivity contribution in [1.82, 2.24) is 9.97 Å². The Morgan fingerprint density at radius 3 is 2.39 bits per heavy atom. The summed E-state index contributed by atoms with van der Waals surface area (Å²) < 4.78 is 72.5. The molecule has 2 aromatic heterocycles. The molecule has 8 heteroatoms. The van der Waals surface area contributed by atoms with Crippen LogP contribution in [0.4, 0.5) is 22.0 Å². The quantitative estimate of drug-likeness (QED) is 0.363. The van der Waals surface area contributed by atoms with Gasteiger partial charge < -0.3 is 4.74 Å². The fourth-order valence-corrected chi connectivity index (χ4v) is 3.55. The first-order chi connectivity index (χ1) is 14.6. The molecule has 166 valence electrons. The van der Waals surface area contributed by atoms with Gasteiger partial charge in [-0.15, -0.1) is 0 Å². The molecular formula is C23H23F5N2O. The first kappa shape index (κ1) is 22.9. The van der Waals surface area contributed by atoms with Gasteiger partial charge in [0.05, 0.1) is 35.1 Å². The van der Waals surface area contributed by atoms with Crippen LogP contribution in [0.2, 0.25) is 0 Å². The van der Waals surface area contributed by atoms with Gasteiger partial charge in [0.2, 0.25) is 0 Å². The van der Waals surface area contributed by atoms with Gasteiger partial charge in [-0.3, -0.25) is 9.97 Å². The Morgan fingerprint density at radius 2 is 1.74 bits per heavy atom. The average Bonchev–Trinajstić information content (AvgIpc) is 2.70. The zero-order chi connectivity index (χ0) is 22.8. The summed E-state index contributed by atoms with van der Waals surface area (Å²) in [5.74, 6) is 0.606. The molecule has 1 atom stereocenters. The summed E-state index contributed by atoms with van der Waals surface area (Å²) >= 11 is 0. The van der Waals surface area contributed by atoms with Crippen LogP contribution < -0.4 is 4.74 Å². The molecule has 0 radical (unpaired) electrons. The number of alkyl halides is 5. The van der Waals surface area contributed by atoms with Crippen LogP contribution in [-0.4, -0.2) is 16.6 Å². The van der Waals surface area contributed by atoms with Crippen LogP contribution in [0.15, 0.2) is 42.7 Å². The van der Waals surface area contributed by atoms with Gasteiger partial charge in [0.15, 0.2) is 0 Å². The zero-order valence-corrected chi connectivity index (χ0v) is 17.4. The molecule has 1 aromatic carbocycles. The molecule has 0 aliphatic carbocycles. The fraction of sp³-hybridized carbons (Fsp3) is 0.391. The number of halogens is 5. The highest BCUT2D eigenvalue weighted by Gasteiger charge is 2.31. The minimum atomic E-state index is -4.53. The Labute approximate surface area is 177 Å². The van der Waals surface area contributed by atoms with E-state index in [1.54, 1.807) is 0 Å². The van der Waals surface area contributed by atoms with Crippen molar-refractivity contribution in [2.24, 2.45) is 11.8 Å². The third-order valence-corrected chi connectivity index (χ3v) is 4.87. The van der Waals surface area contributed by atoms with Gasteiger partial charge in [-0.1, -0.05) is 20.8 Å². The standard InChI is InChI=1S/C23H23F5N2O/c1-13(2)8-14(3)12-31-21-11-30-20(10-18(21)22(24)25)16-6-7-29-19-5-4-15(9-17(16)19)23(26,27)28/h4-7,9-11,13-14,22H,8,12H2,1-3H3. The Kier molecular flexibility index (Phi) is 6.77. The summed E-state index contributed by atoms with van der Waals surface area (Å²) in [6.07, 6.45) is -3.85. The summed E-state index contributed by atoms with van der Waals surface area (Å²) in [5.41, 5.74) is -0.461. The van der Waals surface area contributed by atoms with Crippen LogP contribution in [0, 0.1) is 11.8 Å². The van der Waals surface area contributed by atoms with Crippen molar-refractivity contribution in [2.75, 3.05) is 6.61 Å². The topological polar surface area (TPSA) is 35.0 Å². The number of ether oxygens (including phenoxy) is 1. The maximum absolute atomic E-state index is 13.7. The highest BCUT2D eigenvalue weighted by Crippen LogP contribution is 2.36. The lowest BCUT2D eigenvalue weighted by Gasteiger charge is -2.17. The number of fused-ring (bicyclic) bond motifs is 1. The van der Waals surface area contributed by atoms with Crippen LogP contribution in [0.3, 0.4) is 0 Å². The SMILES string of the molecule is CC(C)CC(C)COc1cnc(-c2ccnc3ccc(C(F)(F)F)cc23)cc1C(F)F. The lowest BCUT2D eigenvalue weighted by molar-refractivity contribution is -0.137. The lowest BCUT2D eigenvalue weighted by Crippen LogP contribution is -2.12. The van der Waals surface area contributed by atoms with E-state index < -0.39 is 18.2 Å². The molecule has 0 aliphatic heterocycles. The Bertz CT molecular complexity index is 1050. The van der Waals surface area contributed by atoms with E-state index in [9.17, 15) is 22.0 Å². The second-order valence-electron chi connectivity index (χ2n) is 8.04. The summed E-state index contributed by atoms with van der Waals surface area (Å²) in [4.78, 5) is 8.28. The second-order valence-corrected chi connectivity index (χ2v) is 8.04. The van der Waals surface area contributed by atoms with Gasteiger partial charge in [0.1, 0.15) is 5.75 Å². The predicted octanol–water partition coefficient (Wildman–Crippen LogP) is 7.31. The van der Waals surface area contributed by atoms with E-state index in [2.05, 4.69) is 23.8 Å². The molecule has 31 heavy (non-hydrogen) atoms. The Morgan fingerprint density at radius 1 is 1.00 bits per heavy atom. The van der Waals surface area contributed by atoms with Crippen molar-refractivity contribution in [1.29, 1.82) is 0 Å². The van der Waals surface area contributed by atoms with Crippen LogP contribution in [0.25, 0.3) is 22.2 Å². The zero-order valence-electron chi connectivity index (χ0n) is 17.4. The minimum absolute atomic E-state index is 0.0244. The predicted molar refractivity (Wildman–Crippen MR) is 109 cm³/mol. The van der Waals surface area contributed by atoms with Gasteiger partial charge in [0.25, 0.3) is 6.43 Å². The van der Waals surface area contributed by atoms with Crippen LogP contribution in [0.1, 0.15) is 44.7 Å². The molecule has 3 rings (SSSR count). The highest BCUT2D eigenvalue weighted by molar-refractivity contribution is 5.94. The van der Waals surface area contributed by atoms with E-state index in [1.165, 1.54) is 30.6 Å². The smallest absolute Gasteiger partial charge is 0.416 e. The van der Waals surface area contributed by atoms with Gasteiger partial charge in [0, 0.05) is 17.1 Å². The molecule has 2 heterocycles. The Balaban J connectivity index is 2.00. The van der Waals surface area contributed by atoms with Crippen molar-refractivity contribution >= 4 is 10.9 Å². The number of benzene rings is 1. The molecule has 0 fully saturated rings. The molecule has 0 spiro atoms. The van der Waals surface area contributed by atoms with E-state index in [4.69, 9.17) is 4.74 Å². The minimum Gasteiger partial charge on any atom is -0.491 e. The molecule has 3 aromatic rings. The average molecular weight is 438 g/mol. The molecule has 0 aliphatic rings. The van der Waals surface area contributed by atoms with Crippen molar-refractivity contribution in [2.45, 2.75) is 39.8 Å². The second kappa shape index (κ2) is 9.16. The number of nitrogens with zero attached hydrogens (tertiary/aromatic N) is 2. The lowest BCUT2D eigenvalue weighted by atomic mass is 10.00. The Hall–Kier alpha value is -2.77. The molecular weight excluding hydrogens is 415 g/mol. The third-order valence-electron chi connectivity index (χ3n) is 4.87. The van der Waals surface area contributed by atoms with Crippen molar-refractivity contribution in [3.8, 4) is 17.0 Å². The molecule has 0 saturated heterocycles. The summed E-state index contributed by atoms with van der Waals surface area (Å²) in [6.45, 7) is 6.39. The van der Waals surface area contributed by atoms with Crippen LogP contribution in [-0.2, 0) is 6.18 Å². The molecule has 0 N–H and O–H groups in total. The first-order valence-corrected chi connectivity index (χ1v) is 9.93. The molecule has 0 bridgehead atoms. The van der Waals surface area contributed by atoms with Gasteiger partial charge in [-0.25, -0.2) is 8.78 Å². The van der Waals surface area contributed by atoms with E-state index in [0.29, 0.717) is 11.4 Å². The van der Waals surface area contributed by atoms with Gasteiger partial charge in [-0.2, -0.15) is 13.2 Å². The summed E-state index contributed by atoms with van der Waals surface area (Å²) in [5, 5.41) is 0.185. The van der Waals surface area contributed by atoms with E-state index >= 15 is 0 Å². The normalized spacial score (nSPS) is 13.2. The first-order valence-electron chi connectivity index (χ1n) is 9.93. The summed E-state index contributed by atoms with van der Waals surface area (Å²) in [7, 11) is 0. The number of hydrogen-bond donors (Lipinski definition) is 0. The number of rotatable bonds is 7. The molecule has 3 nitrogen and oxygen atoms in total. The number of pyridine rings is 2. The van der Waals surface area contributed by atoms with E-state index in [0.717, 1.165) is 18.6 Å². The van der Waals surface area contributed by atoms with E-state index in [-0.39, 0.29) is 40.5 Å². The number of hydrogen-bond acceptors (Lipinski definition) is 3. The molecule has 1 unspecified atom stereocenters. The summed E-state index contributed by atoms with van der Waals surface area (Å²) in [6, 6.07) is 5.78. The van der Waals surface area contributed by atoms with Crippen molar-refractivity contribution in [3.05, 3.63) is 53.9 Å².